The van der Waals surface area contributed by atoms with Crippen molar-refractivity contribution < 1.29 is 9.18 Å². The molecule has 4 heterocycles. The zero-order chi connectivity index (χ0) is 21.5. The number of pyridine rings is 1. The molecule has 0 saturated heterocycles. The van der Waals surface area contributed by atoms with E-state index in [9.17, 15) is 9.18 Å². The average molecular weight is 421 g/mol. The minimum Gasteiger partial charge on any atom is -0.345 e. The first-order valence-corrected chi connectivity index (χ1v) is 10.4. The van der Waals surface area contributed by atoms with E-state index in [2.05, 4.69) is 31.0 Å². The molecule has 0 aliphatic heterocycles. The first kappa shape index (κ1) is 19.5. The summed E-state index contributed by atoms with van der Waals surface area (Å²) in [6.07, 6.45) is 10.6. The van der Waals surface area contributed by atoms with Crippen LogP contribution in [-0.4, -0.2) is 55.6 Å². The SMILES string of the molecule is CN(C)C(=O)N[C@H]1CC[C@@H](n2ccc3cnc(-c4c[nH]c5ncc(F)cc45)nc32)CC1. The lowest BCUT2D eigenvalue weighted by Crippen LogP contribution is -2.43. The van der Waals surface area contributed by atoms with Crippen LogP contribution in [0.4, 0.5) is 9.18 Å². The average Bonchev–Trinajstić information content (AvgIpc) is 3.37. The van der Waals surface area contributed by atoms with Gasteiger partial charge in [0.2, 0.25) is 0 Å². The van der Waals surface area contributed by atoms with Crippen LogP contribution in [0.3, 0.4) is 0 Å². The maximum absolute atomic E-state index is 13.7. The molecule has 160 valence electrons. The lowest BCUT2D eigenvalue weighted by atomic mass is 9.91. The third-order valence-electron chi connectivity index (χ3n) is 6.02. The third kappa shape index (κ3) is 3.60. The molecule has 8 nitrogen and oxygen atoms in total. The molecule has 1 aliphatic rings. The maximum Gasteiger partial charge on any atom is 0.317 e. The summed E-state index contributed by atoms with van der Waals surface area (Å²) in [4.78, 5) is 30.0. The number of hydrogen-bond acceptors (Lipinski definition) is 4. The van der Waals surface area contributed by atoms with Crippen LogP contribution >= 0.6 is 0 Å². The number of nitrogens with zero attached hydrogens (tertiary/aromatic N) is 5. The first-order valence-electron chi connectivity index (χ1n) is 10.4. The van der Waals surface area contributed by atoms with Crippen molar-refractivity contribution in [1.29, 1.82) is 0 Å². The number of fused-ring (bicyclic) bond motifs is 2. The van der Waals surface area contributed by atoms with Crippen LogP contribution in [0.2, 0.25) is 0 Å². The van der Waals surface area contributed by atoms with Crippen molar-refractivity contribution >= 4 is 28.1 Å². The highest BCUT2D eigenvalue weighted by atomic mass is 19.1. The zero-order valence-electron chi connectivity index (χ0n) is 17.5. The summed E-state index contributed by atoms with van der Waals surface area (Å²) < 4.78 is 15.9. The van der Waals surface area contributed by atoms with Gasteiger partial charge in [0, 0.05) is 61.1 Å². The minimum atomic E-state index is -0.393. The Morgan fingerprint density at radius 2 is 2.03 bits per heavy atom. The summed E-state index contributed by atoms with van der Waals surface area (Å²) in [5.41, 5.74) is 2.20. The van der Waals surface area contributed by atoms with Crippen molar-refractivity contribution in [3.8, 4) is 11.4 Å². The second-order valence-corrected chi connectivity index (χ2v) is 8.30. The van der Waals surface area contributed by atoms with Crippen molar-refractivity contribution in [3.63, 3.8) is 0 Å². The molecule has 2 N–H and O–H groups in total. The third-order valence-corrected chi connectivity index (χ3v) is 6.02. The molecule has 31 heavy (non-hydrogen) atoms. The number of urea groups is 1. The van der Waals surface area contributed by atoms with E-state index < -0.39 is 5.82 Å². The van der Waals surface area contributed by atoms with E-state index in [1.165, 1.54) is 12.3 Å². The highest BCUT2D eigenvalue weighted by Gasteiger charge is 2.25. The topological polar surface area (TPSA) is 91.7 Å². The normalized spacial score (nSPS) is 19.1. The first-order chi connectivity index (χ1) is 15.0. The van der Waals surface area contributed by atoms with Crippen LogP contribution in [-0.2, 0) is 0 Å². The summed E-state index contributed by atoms with van der Waals surface area (Å²) in [7, 11) is 3.50. The van der Waals surface area contributed by atoms with Crippen LogP contribution in [0, 0.1) is 5.82 Å². The van der Waals surface area contributed by atoms with Crippen molar-refractivity contribution in [2.24, 2.45) is 0 Å². The van der Waals surface area contributed by atoms with E-state index >= 15 is 0 Å². The Bertz CT molecular complexity index is 1250. The standard InChI is InChI=1S/C22H24FN7O/c1-29(2)22(31)27-15-3-5-16(6-4-15)30-8-7-13-10-24-20(28-21(13)30)18-12-26-19-17(18)9-14(23)11-25-19/h7-12,15-16H,3-6H2,1-2H3,(H,25,26)(H,27,31)/t15-,16+. The van der Waals surface area contributed by atoms with E-state index in [0.717, 1.165) is 42.3 Å². The summed E-state index contributed by atoms with van der Waals surface area (Å²) in [6.45, 7) is 0. The van der Waals surface area contributed by atoms with Gasteiger partial charge < -0.3 is 19.8 Å². The number of nitrogens with one attached hydrogen (secondary N) is 2. The van der Waals surface area contributed by atoms with Crippen molar-refractivity contribution in [1.82, 2.24) is 34.7 Å². The monoisotopic (exact) mass is 421 g/mol. The Hall–Kier alpha value is -3.49. The van der Waals surface area contributed by atoms with Crippen molar-refractivity contribution in [2.45, 2.75) is 37.8 Å². The quantitative estimate of drug-likeness (QED) is 0.525. The maximum atomic E-state index is 13.7. The Morgan fingerprint density at radius 1 is 1.23 bits per heavy atom. The Morgan fingerprint density at radius 3 is 2.81 bits per heavy atom. The smallest absolute Gasteiger partial charge is 0.317 e. The van der Waals surface area contributed by atoms with E-state index in [1.54, 1.807) is 25.2 Å². The highest BCUT2D eigenvalue weighted by molar-refractivity contribution is 5.92. The van der Waals surface area contributed by atoms with Gasteiger partial charge in [0.1, 0.15) is 17.1 Å². The van der Waals surface area contributed by atoms with E-state index in [4.69, 9.17) is 4.98 Å². The minimum absolute atomic E-state index is 0.0445. The second kappa shape index (κ2) is 7.64. The van der Waals surface area contributed by atoms with Gasteiger partial charge in [-0.3, -0.25) is 0 Å². The summed E-state index contributed by atoms with van der Waals surface area (Å²) in [5.74, 6) is 0.147. The van der Waals surface area contributed by atoms with Crippen molar-refractivity contribution in [3.05, 3.63) is 42.7 Å². The molecule has 0 aromatic carbocycles. The largest absolute Gasteiger partial charge is 0.345 e. The number of aromatic nitrogens is 5. The highest BCUT2D eigenvalue weighted by Crippen LogP contribution is 2.32. The molecule has 1 fully saturated rings. The second-order valence-electron chi connectivity index (χ2n) is 8.30. The molecule has 1 saturated carbocycles. The van der Waals surface area contributed by atoms with Gasteiger partial charge in [0.05, 0.1) is 6.20 Å². The molecule has 4 aromatic heterocycles. The van der Waals surface area contributed by atoms with Gasteiger partial charge in [-0.15, -0.1) is 0 Å². The van der Waals surface area contributed by atoms with Crippen molar-refractivity contribution in [2.75, 3.05) is 14.1 Å². The van der Waals surface area contributed by atoms with Crippen LogP contribution in [0.1, 0.15) is 31.7 Å². The molecule has 9 heteroatoms. The number of H-pyrrole nitrogens is 1. The molecule has 0 bridgehead atoms. The Labute approximate surface area is 178 Å². The Balaban J connectivity index is 1.41. The van der Waals surface area contributed by atoms with E-state index in [-0.39, 0.29) is 12.1 Å². The van der Waals surface area contributed by atoms with Crippen LogP contribution in [0.25, 0.3) is 33.5 Å². The van der Waals surface area contributed by atoms with Crippen LogP contribution < -0.4 is 5.32 Å². The predicted molar refractivity (Wildman–Crippen MR) is 116 cm³/mol. The zero-order valence-corrected chi connectivity index (χ0v) is 17.5. The Kier molecular flexibility index (Phi) is 4.80. The molecule has 4 aromatic rings. The number of hydrogen-bond donors (Lipinski definition) is 2. The van der Waals surface area contributed by atoms with Gasteiger partial charge in [-0.05, 0) is 37.8 Å². The molecule has 0 radical (unpaired) electrons. The van der Waals surface area contributed by atoms with Gasteiger partial charge >= 0.3 is 6.03 Å². The fourth-order valence-corrected chi connectivity index (χ4v) is 4.33. The van der Waals surface area contributed by atoms with Crippen LogP contribution in [0.5, 0.6) is 0 Å². The lowest BCUT2D eigenvalue weighted by molar-refractivity contribution is 0.205. The van der Waals surface area contributed by atoms with Gasteiger partial charge in [-0.2, -0.15) is 0 Å². The van der Waals surface area contributed by atoms with Gasteiger partial charge in [0.15, 0.2) is 5.82 Å². The molecule has 2 amide bonds. The summed E-state index contributed by atoms with van der Waals surface area (Å²) in [6, 6.07) is 3.94. The molecule has 0 spiro atoms. The summed E-state index contributed by atoms with van der Waals surface area (Å²) in [5, 5.41) is 4.71. The fraction of sp³-hybridized carbons (Fsp3) is 0.364. The number of rotatable bonds is 3. The lowest BCUT2D eigenvalue weighted by Gasteiger charge is -2.31. The number of carbonyl (C=O) groups excluding carboxylic acids is 1. The predicted octanol–water partition coefficient (Wildman–Crippen LogP) is 3.87. The number of halogens is 1. The number of aromatic amines is 1. The van der Waals surface area contributed by atoms with Gasteiger partial charge in [-0.1, -0.05) is 0 Å². The molecule has 0 unspecified atom stereocenters. The van der Waals surface area contributed by atoms with Gasteiger partial charge in [0.25, 0.3) is 0 Å². The molecular formula is C22H24FN7O. The fourth-order valence-electron chi connectivity index (χ4n) is 4.33. The molecular weight excluding hydrogens is 397 g/mol. The molecule has 1 aliphatic carbocycles. The molecule has 5 rings (SSSR count). The molecule has 0 atom stereocenters. The van der Waals surface area contributed by atoms with E-state index in [0.29, 0.717) is 22.9 Å². The summed E-state index contributed by atoms with van der Waals surface area (Å²) >= 11 is 0. The van der Waals surface area contributed by atoms with Crippen LogP contribution in [0.15, 0.2) is 36.9 Å². The number of amides is 2. The van der Waals surface area contributed by atoms with E-state index in [1.807, 2.05) is 12.3 Å². The number of carbonyl (C=O) groups is 1. The van der Waals surface area contributed by atoms with Gasteiger partial charge in [-0.25, -0.2) is 24.1 Å².